The molecule has 6 N–H and O–H groups in total. The average Bonchev–Trinajstić information content (AvgIpc) is 2.87. The van der Waals surface area contributed by atoms with Gasteiger partial charge in [0.15, 0.2) is 17.3 Å². The van der Waals surface area contributed by atoms with E-state index in [9.17, 15) is 23.1 Å². The third-order valence-electron chi connectivity index (χ3n) is 7.68. The number of rotatable bonds is 7. The van der Waals surface area contributed by atoms with Gasteiger partial charge in [-0.15, -0.1) is 0 Å². The van der Waals surface area contributed by atoms with Crippen molar-refractivity contribution in [1.29, 1.82) is 5.41 Å². The number of carbonyl (C=O) groups is 2. The largest absolute Gasteiger partial charge is 0.479 e. The van der Waals surface area contributed by atoms with Gasteiger partial charge < -0.3 is 26.4 Å². The maximum Gasteiger partial charge on any atom is 0.333 e. The summed E-state index contributed by atoms with van der Waals surface area (Å²) in [4.78, 5) is 30.5. The number of carboxylic acids is 1. The van der Waals surface area contributed by atoms with Crippen molar-refractivity contribution in [2.75, 3.05) is 33.2 Å². The van der Waals surface area contributed by atoms with Crippen LogP contribution in [0.3, 0.4) is 0 Å². The standard InChI is InChI=1S/C26H36N6O5S/c1-17-7-11-32(38(36,37)21-6-5-19-8-10-30(2)16-20(19)13-21)26(14-17,24(34)35)23(33)22(27)12-18-4-3-9-31(15-18)25(28)29/h4-7,13,22H,3,8-12,14-16,27H2,1-2H3,(H3,28,29)(H,34,35)/t22?,26-/m1/s1. The molecule has 3 aliphatic rings. The first-order valence-corrected chi connectivity index (χ1v) is 14.1. The molecule has 0 bridgehead atoms. The van der Waals surface area contributed by atoms with E-state index < -0.39 is 33.4 Å². The number of carboxylic acid groups (broad SMARTS) is 1. The SMILES string of the molecule is CC1=CCN(S(=O)(=O)c2ccc3c(c2)CN(C)CC3)[C@@](C(=O)O)(C(=O)C(N)CC2=CCCN(C(=N)N)C2)C1. The minimum Gasteiger partial charge on any atom is -0.479 e. The minimum atomic E-state index is -4.38. The van der Waals surface area contributed by atoms with Gasteiger partial charge in [0.1, 0.15) is 0 Å². The number of guanidine groups is 1. The number of carbonyl (C=O) groups excluding carboxylic acids is 1. The van der Waals surface area contributed by atoms with Gasteiger partial charge in [-0.3, -0.25) is 10.2 Å². The maximum absolute atomic E-state index is 14.0. The molecule has 0 amide bonds. The summed E-state index contributed by atoms with van der Waals surface area (Å²) in [5, 5.41) is 18.2. The van der Waals surface area contributed by atoms with Gasteiger partial charge in [-0.25, -0.2) is 13.2 Å². The van der Waals surface area contributed by atoms with E-state index >= 15 is 0 Å². The van der Waals surface area contributed by atoms with E-state index in [1.165, 1.54) is 6.07 Å². The molecular formula is C26H36N6O5S. The number of ketones is 1. The molecule has 0 aromatic heterocycles. The lowest BCUT2D eigenvalue weighted by atomic mass is 9.80. The Kier molecular flexibility index (Phi) is 7.80. The van der Waals surface area contributed by atoms with Gasteiger partial charge in [0, 0.05) is 39.1 Å². The Labute approximate surface area is 223 Å². The first-order valence-electron chi connectivity index (χ1n) is 12.6. The predicted octanol–water partition coefficient (Wildman–Crippen LogP) is 0.651. The fourth-order valence-electron chi connectivity index (χ4n) is 5.57. The highest BCUT2D eigenvalue weighted by atomic mass is 32.2. The van der Waals surface area contributed by atoms with Crippen molar-refractivity contribution >= 4 is 27.7 Å². The van der Waals surface area contributed by atoms with Crippen molar-refractivity contribution in [2.45, 2.75) is 55.6 Å². The number of Topliss-reactive ketones (excluding diaryl/α,β-unsaturated/α-hetero) is 1. The molecule has 0 radical (unpaired) electrons. The molecule has 206 valence electrons. The predicted molar refractivity (Wildman–Crippen MR) is 143 cm³/mol. The second-order valence-electron chi connectivity index (χ2n) is 10.5. The van der Waals surface area contributed by atoms with Crippen molar-refractivity contribution in [3.63, 3.8) is 0 Å². The number of hydrogen-bond acceptors (Lipinski definition) is 7. The number of nitrogens with one attached hydrogen (secondary N) is 1. The lowest BCUT2D eigenvalue weighted by molar-refractivity contribution is -0.155. The van der Waals surface area contributed by atoms with Crippen LogP contribution in [0.25, 0.3) is 0 Å². The monoisotopic (exact) mass is 544 g/mol. The third-order valence-corrected chi connectivity index (χ3v) is 9.57. The summed E-state index contributed by atoms with van der Waals surface area (Å²) >= 11 is 0. The molecule has 1 aromatic rings. The van der Waals surface area contributed by atoms with Gasteiger partial charge in [0.25, 0.3) is 0 Å². The molecular weight excluding hydrogens is 508 g/mol. The first kappa shape index (κ1) is 28.0. The van der Waals surface area contributed by atoms with Crippen molar-refractivity contribution in [1.82, 2.24) is 14.1 Å². The van der Waals surface area contributed by atoms with E-state index in [0.29, 0.717) is 31.6 Å². The van der Waals surface area contributed by atoms with Gasteiger partial charge >= 0.3 is 5.97 Å². The van der Waals surface area contributed by atoms with Crippen molar-refractivity contribution < 1.29 is 23.1 Å². The summed E-state index contributed by atoms with van der Waals surface area (Å²) in [6, 6.07) is 3.59. The van der Waals surface area contributed by atoms with Gasteiger partial charge in [-0.1, -0.05) is 29.4 Å². The van der Waals surface area contributed by atoms with Gasteiger partial charge in [0.05, 0.1) is 10.9 Å². The molecule has 0 saturated carbocycles. The van der Waals surface area contributed by atoms with Gasteiger partial charge in [-0.2, -0.15) is 4.31 Å². The van der Waals surface area contributed by atoms with Gasteiger partial charge in [0.2, 0.25) is 10.0 Å². The Morgan fingerprint density at radius 1 is 1.18 bits per heavy atom. The fraction of sp³-hybridized carbons (Fsp3) is 0.500. The molecule has 2 atom stereocenters. The van der Waals surface area contributed by atoms with Crippen LogP contribution in [0.2, 0.25) is 0 Å². The Hall–Kier alpha value is -3.06. The number of likely N-dealkylation sites (N-methyl/N-ethyl adjacent to an activating group) is 1. The van der Waals surface area contributed by atoms with Crippen molar-refractivity contribution in [3.8, 4) is 0 Å². The maximum atomic E-state index is 14.0. The van der Waals surface area contributed by atoms with Crippen molar-refractivity contribution in [2.24, 2.45) is 11.5 Å². The number of fused-ring (bicyclic) bond motifs is 1. The molecule has 3 aliphatic heterocycles. The van der Waals surface area contributed by atoms with E-state index in [-0.39, 0.29) is 30.2 Å². The molecule has 0 spiro atoms. The number of hydrogen-bond donors (Lipinski definition) is 4. The summed E-state index contributed by atoms with van der Waals surface area (Å²) in [7, 11) is -2.42. The Balaban J connectivity index is 1.70. The molecule has 11 nitrogen and oxygen atoms in total. The zero-order chi connectivity index (χ0) is 27.8. The van der Waals surface area contributed by atoms with Crippen LogP contribution in [-0.2, 0) is 32.6 Å². The lowest BCUT2D eigenvalue weighted by Gasteiger charge is -2.42. The molecule has 12 heteroatoms. The second-order valence-corrected chi connectivity index (χ2v) is 12.3. The fourth-order valence-corrected chi connectivity index (χ4v) is 7.27. The normalized spacial score (nSPS) is 23.7. The van der Waals surface area contributed by atoms with E-state index in [0.717, 1.165) is 34.0 Å². The van der Waals surface area contributed by atoms with Gasteiger partial charge in [-0.05, 0) is 56.5 Å². The van der Waals surface area contributed by atoms with Crippen LogP contribution in [0.15, 0.2) is 46.4 Å². The van der Waals surface area contributed by atoms with Crippen molar-refractivity contribution in [3.05, 3.63) is 52.6 Å². The van der Waals surface area contributed by atoms with Crippen LogP contribution in [0.5, 0.6) is 0 Å². The molecule has 0 aliphatic carbocycles. The molecule has 4 rings (SSSR count). The Morgan fingerprint density at radius 3 is 2.61 bits per heavy atom. The summed E-state index contributed by atoms with van der Waals surface area (Å²) in [6.07, 6.45) is 4.69. The highest BCUT2D eigenvalue weighted by Gasteiger charge is 2.58. The van der Waals surface area contributed by atoms with E-state index in [2.05, 4.69) is 4.90 Å². The summed E-state index contributed by atoms with van der Waals surface area (Å²) in [5.74, 6) is -2.51. The Bertz CT molecular complexity index is 1320. The zero-order valence-electron chi connectivity index (χ0n) is 21.8. The summed E-state index contributed by atoms with van der Waals surface area (Å²) in [5.41, 5.74) is 12.8. The molecule has 1 unspecified atom stereocenters. The molecule has 3 heterocycles. The molecule has 1 aromatic carbocycles. The van der Waals surface area contributed by atoms with E-state index in [1.54, 1.807) is 30.0 Å². The van der Waals surface area contributed by atoms with Crippen LogP contribution in [0.1, 0.15) is 37.3 Å². The molecule has 0 fully saturated rings. The lowest BCUT2D eigenvalue weighted by Crippen LogP contribution is -2.66. The minimum absolute atomic E-state index is 0.0411. The van der Waals surface area contributed by atoms with Crippen LogP contribution < -0.4 is 11.5 Å². The highest BCUT2D eigenvalue weighted by Crippen LogP contribution is 2.37. The molecule has 38 heavy (non-hydrogen) atoms. The van der Waals surface area contributed by atoms with Crippen LogP contribution in [-0.4, -0.2) is 90.1 Å². The third kappa shape index (κ3) is 5.13. The summed E-state index contributed by atoms with van der Waals surface area (Å²) in [6.45, 7) is 3.75. The quantitative estimate of drug-likeness (QED) is 0.166. The number of sulfonamides is 1. The number of benzene rings is 1. The average molecular weight is 545 g/mol. The van der Waals surface area contributed by atoms with Crippen LogP contribution >= 0.6 is 0 Å². The first-order chi connectivity index (χ1) is 17.9. The molecule has 0 saturated heterocycles. The number of aliphatic carboxylic acids is 1. The van der Waals surface area contributed by atoms with E-state index in [4.69, 9.17) is 16.9 Å². The smallest absolute Gasteiger partial charge is 0.333 e. The highest BCUT2D eigenvalue weighted by molar-refractivity contribution is 7.89. The van der Waals surface area contributed by atoms with Crippen LogP contribution in [0, 0.1) is 5.41 Å². The summed E-state index contributed by atoms with van der Waals surface area (Å²) < 4.78 is 28.8. The number of nitrogens with zero attached hydrogens (tertiary/aromatic N) is 3. The van der Waals surface area contributed by atoms with Crippen LogP contribution in [0.4, 0.5) is 0 Å². The Morgan fingerprint density at radius 2 is 1.92 bits per heavy atom. The van der Waals surface area contributed by atoms with E-state index in [1.807, 2.05) is 13.1 Å². The second kappa shape index (κ2) is 10.6. The zero-order valence-corrected chi connectivity index (χ0v) is 22.6. The topological polar surface area (TPSA) is 174 Å². The number of nitrogens with two attached hydrogens (primary N) is 2.